The van der Waals surface area contributed by atoms with E-state index in [9.17, 15) is 4.79 Å². The lowest BCUT2D eigenvalue weighted by atomic mass is 10.1. The van der Waals surface area contributed by atoms with Gasteiger partial charge in [0.25, 0.3) is 0 Å². The van der Waals surface area contributed by atoms with Gasteiger partial charge in [-0.05, 0) is 12.5 Å². The molecule has 0 unspecified atom stereocenters. The van der Waals surface area contributed by atoms with Crippen LogP contribution in [0.3, 0.4) is 0 Å². The van der Waals surface area contributed by atoms with Crippen molar-refractivity contribution in [2.45, 2.75) is 18.2 Å². The van der Waals surface area contributed by atoms with Crippen LogP contribution in [-0.4, -0.2) is 29.6 Å². The van der Waals surface area contributed by atoms with E-state index in [2.05, 4.69) is 31.2 Å². The maximum Gasteiger partial charge on any atom is 0.232 e. The van der Waals surface area contributed by atoms with Gasteiger partial charge in [0.15, 0.2) is 0 Å². The predicted molar refractivity (Wildman–Crippen MR) is 63.9 cm³/mol. The molecule has 0 bridgehead atoms. The third-order valence-corrected chi connectivity index (χ3v) is 4.40. The zero-order chi connectivity index (χ0) is 10.8. The Balaban J connectivity index is 2.21. The molecule has 1 fully saturated rings. The number of rotatable bonds is 1. The van der Waals surface area contributed by atoms with Gasteiger partial charge in [-0.15, -0.1) is 11.8 Å². The van der Waals surface area contributed by atoms with Crippen LogP contribution in [-0.2, 0) is 4.79 Å². The second-order valence-electron chi connectivity index (χ2n) is 3.89. The molecule has 0 saturated carbocycles. The fourth-order valence-electron chi connectivity index (χ4n) is 1.85. The fourth-order valence-corrected chi connectivity index (χ4v) is 3.19. The van der Waals surface area contributed by atoms with Crippen molar-refractivity contribution in [3.63, 3.8) is 0 Å². The standard InChI is InChI=1S/C12H15NOS/c1-9-12(10-6-4-3-5-7-10)15-8-11(14)13(9)2/h3-7,9,12H,8H2,1-2H3/t9-,12+/m0/s1. The molecule has 1 heterocycles. The van der Waals surface area contributed by atoms with Crippen molar-refractivity contribution in [1.82, 2.24) is 4.90 Å². The van der Waals surface area contributed by atoms with Crippen molar-refractivity contribution in [3.8, 4) is 0 Å². The number of likely N-dealkylation sites (N-methyl/N-ethyl adjacent to an activating group) is 1. The maximum absolute atomic E-state index is 11.5. The highest BCUT2D eigenvalue weighted by molar-refractivity contribution is 8.00. The Morgan fingerprint density at radius 1 is 1.33 bits per heavy atom. The van der Waals surface area contributed by atoms with E-state index in [1.807, 2.05) is 18.0 Å². The number of carbonyl (C=O) groups excluding carboxylic acids is 1. The van der Waals surface area contributed by atoms with Crippen LogP contribution in [0.2, 0.25) is 0 Å². The summed E-state index contributed by atoms with van der Waals surface area (Å²) in [4.78, 5) is 13.3. The summed E-state index contributed by atoms with van der Waals surface area (Å²) in [5.41, 5.74) is 1.31. The third kappa shape index (κ3) is 2.02. The van der Waals surface area contributed by atoms with Gasteiger partial charge in [0.05, 0.1) is 11.0 Å². The first-order valence-electron chi connectivity index (χ1n) is 5.12. The van der Waals surface area contributed by atoms with Gasteiger partial charge in [-0.3, -0.25) is 4.79 Å². The van der Waals surface area contributed by atoms with Crippen molar-refractivity contribution in [2.24, 2.45) is 0 Å². The first-order chi connectivity index (χ1) is 7.20. The zero-order valence-electron chi connectivity index (χ0n) is 9.01. The van der Waals surface area contributed by atoms with Crippen molar-refractivity contribution in [1.29, 1.82) is 0 Å². The number of amides is 1. The molecule has 15 heavy (non-hydrogen) atoms. The summed E-state index contributed by atoms with van der Waals surface area (Å²) in [6.07, 6.45) is 0. The highest BCUT2D eigenvalue weighted by atomic mass is 32.2. The van der Waals surface area contributed by atoms with Crippen molar-refractivity contribution in [3.05, 3.63) is 35.9 Å². The highest BCUT2D eigenvalue weighted by Gasteiger charge is 2.31. The molecule has 1 amide bonds. The van der Waals surface area contributed by atoms with Crippen molar-refractivity contribution < 1.29 is 4.79 Å². The Morgan fingerprint density at radius 2 is 2.00 bits per heavy atom. The number of hydrogen-bond donors (Lipinski definition) is 0. The molecule has 1 aromatic carbocycles. The number of carbonyl (C=O) groups is 1. The summed E-state index contributed by atoms with van der Waals surface area (Å²) in [7, 11) is 1.89. The molecule has 0 N–H and O–H groups in total. The van der Waals surface area contributed by atoms with Crippen LogP contribution in [0.4, 0.5) is 0 Å². The van der Waals surface area contributed by atoms with E-state index in [-0.39, 0.29) is 11.9 Å². The minimum Gasteiger partial charge on any atom is -0.341 e. The SMILES string of the molecule is C[C@H]1[C@H](c2ccccc2)SCC(=O)N1C. The summed E-state index contributed by atoms with van der Waals surface area (Å²) in [5.74, 6) is 0.833. The van der Waals surface area contributed by atoms with E-state index < -0.39 is 0 Å². The van der Waals surface area contributed by atoms with Crippen molar-refractivity contribution >= 4 is 17.7 Å². The molecular formula is C12H15NOS. The number of thioether (sulfide) groups is 1. The zero-order valence-corrected chi connectivity index (χ0v) is 9.83. The molecule has 1 saturated heterocycles. The van der Waals surface area contributed by atoms with Gasteiger partial charge in [-0.2, -0.15) is 0 Å². The average Bonchev–Trinajstić information content (AvgIpc) is 2.27. The van der Waals surface area contributed by atoms with Gasteiger partial charge < -0.3 is 4.90 Å². The largest absolute Gasteiger partial charge is 0.341 e. The molecule has 0 radical (unpaired) electrons. The number of benzene rings is 1. The van der Waals surface area contributed by atoms with E-state index in [4.69, 9.17) is 0 Å². The highest BCUT2D eigenvalue weighted by Crippen LogP contribution is 2.37. The lowest BCUT2D eigenvalue weighted by Gasteiger charge is -2.36. The van der Waals surface area contributed by atoms with Crippen LogP contribution in [0.1, 0.15) is 17.7 Å². The molecular weight excluding hydrogens is 206 g/mol. The first kappa shape index (κ1) is 10.6. The Labute approximate surface area is 94.7 Å². The Kier molecular flexibility index (Phi) is 3.00. The van der Waals surface area contributed by atoms with Gasteiger partial charge in [-0.25, -0.2) is 0 Å². The average molecular weight is 221 g/mol. The molecule has 1 aliphatic heterocycles. The minimum atomic E-state index is 0.236. The van der Waals surface area contributed by atoms with E-state index >= 15 is 0 Å². The topological polar surface area (TPSA) is 20.3 Å². The molecule has 0 aromatic heterocycles. The van der Waals surface area contributed by atoms with Crippen LogP contribution in [0, 0.1) is 0 Å². The van der Waals surface area contributed by atoms with Crippen LogP contribution in [0.15, 0.2) is 30.3 Å². The third-order valence-electron chi connectivity index (χ3n) is 2.96. The van der Waals surface area contributed by atoms with Crippen LogP contribution >= 0.6 is 11.8 Å². The number of hydrogen-bond acceptors (Lipinski definition) is 2. The Hall–Kier alpha value is -0.960. The molecule has 80 valence electrons. The van der Waals surface area contributed by atoms with Gasteiger partial charge in [0, 0.05) is 13.1 Å². The Bertz CT molecular complexity index is 352. The Morgan fingerprint density at radius 3 is 2.67 bits per heavy atom. The summed E-state index contributed by atoms with van der Waals surface area (Å²) in [5, 5.41) is 0.411. The van der Waals surface area contributed by atoms with Gasteiger partial charge >= 0.3 is 0 Å². The van der Waals surface area contributed by atoms with Gasteiger partial charge in [0.1, 0.15) is 0 Å². The molecule has 3 heteroatoms. The van der Waals surface area contributed by atoms with Gasteiger partial charge in [0.2, 0.25) is 5.91 Å². The summed E-state index contributed by atoms with van der Waals surface area (Å²) >= 11 is 1.75. The minimum absolute atomic E-state index is 0.236. The van der Waals surface area contributed by atoms with E-state index in [1.165, 1.54) is 5.56 Å². The first-order valence-corrected chi connectivity index (χ1v) is 6.17. The molecule has 2 atom stereocenters. The van der Waals surface area contributed by atoms with E-state index in [0.29, 0.717) is 11.0 Å². The number of nitrogens with zero attached hydrogens (tertiary/aromatic N) is 1. The maximum atomic E-state index is 11.5. The van der Waals surface area contributed by atoms with E-state index in [1.54, 1.807) is 11.8 Å². The second kappa shape index (κ2) is 4.27. The normalized spacial score (nSPS) is 26.8. The van der Waals surface area contributed by atoms with Crippen molar-refractivity contribution in [2.75, 3.05) is 12.8 Å². The lowest BCUT2D eigenvalue weighted by Crippen LogP contribution is -2.43. The molecule has 1 aromatic rings. The summed E-state index contributed by atoms with van der Waals surface area (Å²) in [6, 6.07) is 10.7. The van der Waals surface area contributed by atoms with E-state index in [0.717, 1.165) is 0 Å². The van der Waals surface area contributed by atoms with Crippen LogP contribution < -0.4 is 0 Å². The van der Waals surface area contributed by atoms with Gasteiger partial charge in [-0.1, -0.05) is 30.3 Å². The quantitative estimate of drug-likeness (QED) is 0.725. The van der Waals surface area contributed by atoms with Crippen LogP contribution in [0.25, 0.3) is 0 Å². The molecule has 1 aliphatic rings. The molecule has 2 nitrogen and oxygen atoms in total. The summed E-state index contributed by atoms with van der Waals surface area (Å²) < 4.78 is 0. The molecule has 0 aliphatic carbocycles. The smallest absolute Gasteiger partial charge is 0.232 e. The monoisotopic (exact) mass is 221 g/mol. The molecule has 0 spiro atoms. The fraction of sp³-hybridized carbons (Fsp3) is 0.417. The predicted octanol–water partition coefficient (Wildman–Crippen LogP) is 2.32. The second-order valence-corrected chi connectivity index (χ2v) is 5.02. The van der Waals surface area contributed by atoms with Crippen LogP contribution in [0.5, 0.6) is 0 Å². The lowest BCUT2D eigenvalue weighted by molar-refractivity contribution is -0.129. The molecule has 2 rings (SSSR count). The summed E-state index contributed by atoms with van der Waals surface area (Å²) in [6.45, 7) is 2.11.